The highest BCUT2D eigenvalue weighted by Gasteiger charge is 2.22. The number of ether oxygens (including phenoxy) is 1. The number of benzene rings is 1. The maximum absolute atomic E-state index is 12.6. The lowest BCUT2D eigenvalue weighted by Crippen LogP contribution is -2.45. The number of nitrogens with zero attached hydrogens (tertiary/aromatic N) is 3. The lowest BCUT2D eigenvalue weighted by Gasteiger charge is -2.35. The Morgan fingerprint density at radius 2 is 1.97 bits per heavy atom. The van der Waals surface area contributed by atoms with Gasteiger partial charge >= 0.3 is 0 Å². The Labute approximate surface area is 197 Å². The van der Waals surface area contributed by atoms with Crippen molar-refractivity contribution in [3.63, 3.8) is 0 Å². The van der Waals surface area contributed by atoms with Crippen LogP contribution in [-0.2, 0) is 29.2 Å². The molecular formula is C23H29N5O2S2. The lowest BCUT2D eigenvalue weighted by atomic mass is 10.1. The summed E-state index contributed by atoms with van der Waals surface area (Å²) in [5.41, 5.74) is 2.39. The van der Waals surface area contributed by atoms with E-state index in [0.29, 0.717) is 24.3 Å². The van der Waals surface area contributed by atoms with Crippen molar-refractivity contribution in [2.75, 3.05) is 13.1 Å². The van der Waals surface area contributed by atoms with Gasteiger partial charge in [0.1, 0.15) is 0 Å². The molecule has 0 aliphatic carbocycles. The Morgan fingerprint density at radius 1 is 1.22 bits per heavy atom. The first kappa shape index (κ1) is 22.8. The van der Waals surface area contributed by atoms with Crippen LogP contribution in [0.4, 0.5) is 0 Å². The Bertz CT molecular complexity index is 1080. The average Bonchev–Trinajstić information content (AvgIpc) is 3.40. The minimum atomic E-state index is -0.00588. The summed E-state index contributed by atoms with van der Waals surface area (Å²) in [6.45, 7) is 7.93. The van der Waals surface area contributed by atoms with E-state index in [2.05, 4.69) is 52.5 Å². The molecule has 1 aliphatic heterocycles. The molecule has 1 aromatic carbocycles. The van der Waals surface area contributed by atoms with Crippen LogP contribution in [0.25, 0.3) is 10.7 Å². The summed E-state index contributed by atoms with van der Waals surface area (Å²) in [5, 5.41) is 12.2. The van der Waals surface area contributed by atoms with Crippen molar-refractivity contribution < 1.29 is 9.53 Å². The number of rotatable bonds is 8. The van der Waals surface area contributed by atoms with Crippen molar-refractivity contribution >= 4 is 29.5 Å². The van der Waals surface area contributed by atoms with Crippen molar-refractivity contribution in [2.24, 2.45) is 0 Å². The molecule has 1 amide bonds. The van der Waals surface area contributed by atoms with Crippen LogP contribution in [0.15, 0.2) is 41.8 Å². The second kappa shape index (κ2) is 10.5. The van der Waals surface area contributed by atoms with Gasteiger partial charge in [-0.1, -0.05) is 30.3 Å². The van der Waals surface area contributed by atoms with Gasteiger partial charge in [-0.15, -0.1) is 11.3 Å². The van der Waals surface area contributed by atoms with Gasteiger partial charge in [-0.3, -0.25) is 19.4 Å². The molecule has 9 heteroatoms. The third-order valence-corrected chi connectivity index (χ3v) is 6.72. The van der Waals surface area contributed by atoms with Gasteiger partial charge in [0, 0.05) is 39.1 Å². The van der Waals surface area contributed by atoms with E-state index in [1.165, 1.54) is 5.56 Å². The highest BCUT2D eigenvalue weighted by Crippen LogP contribution is 2.23. The van der Waals surface area contributed by atoms with Gasteiger partial charge in [-0.05, 0) is 48.6 Å². The first-order valence-corrected chi connectivity index (χ1v) is 12.2. The van der Waals surface area contributed by atoms with E-state index < -0.39 is 0 Å². The van der Waals surface area contributed by atoms with Crippen molar-refractivity contribution in [1.82, 2.24) is 25.0 Å². The summed E-state index contributed by atoms with van der Waals surface area (Å²) in [5.74, 6) is 0.769. The minimum Gasteiger partial charge on any atom is -0.373 e. The monoisotopic (exact) mass is 471 g/mol. The van der Waals surface area contributed by atoms with Crippen LogP contribution < -0.4 is 5.32 Å². The molecule has 32 heavy (non-hydrogen) atoms. The fraction of sp³-hybridized carbons (Fsp3) is 0.435. The molecule has 3 heterocycles. The van der Waals surface area contributed by atoms with E-state index in [9.17, 15) is 4.79 Å². The Hall–Kier alpha value is -2.33. The number of aromatic amines is 1. The molecule has 0 radical (unpaired) electrons. The molecule has 1 saturated heterocycles. The number of carbonyl (C=O) groups excluding carboxylic acids is 1. The molecule has 7 nitrogen and oxygen atoms in total. The summed E-state index contributed by atoms with van der Waals surface area (Å²) in [7, 11) is 0. The third kappa shape index (κ3) is 5.72. The smallest absolute Gasteiger partial charge is 0.222 e. The number of morpholine rings is 1. The largest absolute Gasteiger partial charge is 0.373 e. The Balaban J connectivity index is 1.33. The zero-order valence-electron chi connectivity index (χ0n) is 18.4. The topological polar surface area (TPSA) is 75.2 Å². The van der Waals surface area contributed by atoms with Crippen LogP contribution in [-0.4, -0.2) is 50.9 Å². The molecule has 170 valence electrons. The molecule has 0 bridgehead atoms. The van der Waals surface area contributed by atoms with Crippen molar-refractivity contribution in [3.8, 4) is 10.7 Å². The van der Waals surface area contributed by atoms with E-state index >= 15 is 0 Å². The molecule has 0 saturated carbocycles. The van der Waals surface area contributed by atoms with Crippen LogP contribution in [0, 0.1) is 4.77 Å². The van der Waals surface area contributed by atoms with Crippen molar-refractivity contribution in [1.29, 1.82) is 0 Å². The molecule has 1 aliphatic rings. The van der Waals surface area contributed by atoms with Gasteiger partial charge in [0.25, 0.3) is 0 Å². The number of hydrogen-bond donors (Lipinski definition) is 2. The van der Waals surface area contributed by atoms with Crippen LogP contribution in [0.1, 0.15) is 31.4 Å². The first-order valence-electron chi connectivity index (χ1n) is 10.9. The molecule has 1 fully saturated rings. The Kier molecular flexibility index (Phi) is 7.51. The highest BCUT2D eigenvalue weighted by atomic mass is 32.1. The van der Waals surface area contributed by atoms with Gasteiger partial charge in [0.05, 0.1) is 17.1 Å². The van der Waals surface area contributed by atoms with Crippen LogP contribution in [0.2, 0.25) is 0 Å². The predicted octanol–water partition coefficient (Wildman–Crippen LogP) is 3.98. The molecule has 0 spiro atoms. The van der Waals surface area contributed by atoms with Crippen molar-refractivity contribution in [2.45, 2.75) is 52.1 Å². The van der Waals surface area contributed by atoms with Gasteiger partial charge < -0.3 is 10.1 Å². The number of H-pyrrole nitrogens is 1. The summed E-state index contributed by atoms with van der Waals surface area (Å²) in [6.07, 6.45) is 0.811. The molecule has 2 atom stereocenters. The number of nitrogens with one attached hydrogen (secondary N) is 2. The number of aromatic nitrogens is 3. The second-order valence-corrected chi connectivity index (χ2v) is 9.56. The maximum atomic E-state index is 12.6. The van der Waals surface area contributed by atoms with Crippen LogP contribution in [0.5, 0.6) is 0 Å². The van der Waals surface area contributed by atoms with E-state index in [1.807, 2.05) is 28.1 Å². The first-order chi connectivity index (χ1) is 15.5. The molecule has 3 aromatic rings. The maximum Gasteiger partial charge on any atom is 0.222 e. The van der Waals surface area contributed by atoms with E-state index in [-0.39, 0.29) is 18.1 Å². The van der Waals surface area contributed by atoms with E-state index in [1.54, 1.807) is 11.3 Å². The minimum absolute atomic E-state index is 0.00588. The fourth-order valence-corrected chi connectivity index (χ4v) is 5.10. The zero-order chi connectivity index (χ0) is 22.5. The summed E-state index contributed by atoms with van der Waals surface area (Å²) >= 11 is 6.95. The third-order valence-electron chi connectivity index (χ3n) is 5.55. The second-order valence-electron chi connectivity index (χ2n) is 8.23. The van der Waals surface area contributed by atoms with Gasteiger partial charge in [-0.25, -0.2) is 0 Å². The summed E-state index contributed by atoms with van der Waals surface area (Å²) in [4.78, 5) is 16.0. The fourth-order valence-electron chi connectivity index (χ4n) is 4.15. The number of thiophene rings is 1. The number of hydrogen-bond acceptors (Lipinski definition) is 6. The lowest BCUT2D eigenvalue weighted by molar-refractivity contribution is -0.121. The Morgan fingerprint density at radius 3 is 2.69 bits per heavy atom. The molecule has 4 rings (SSSR count). The zero-order valence-corrected chi connectivity index (χ0v) is 20.0. The van der Waals surface area contributed by atoms with Gasteiger partial charge in [0.2, 0.25) is 5.91 Å². The van der Waals surface area contributed by atoms with Crippen molar-refractivity contribution in [3.05, 3.63) is 57.7 Å². The summed E-state index contributed by atoms with van der Waals surface area (Å²) in [6, 6.07) is 12.3. The van der Waals surface area contributed by atoms with E-state index in [0.717, 1.165) is 35.9 Å². The molecule has 2 N–H and O–H groups in total. The number of carbonyl (C=O) groups is 1. The molecular weight excluding hydrogens is 442 g/mol. The average molecular weight is 472 g/mol. The standard InChI is InChI=1S/C23H29N5O2S2/c1-16-13-27(14-17(2)30-16)15-19-7-4-3-6-18(19)12-24-21(29)9-10-28-22(25-26-23(28)31)20-8-5-11-32-20/h3-8,11,16-17H,9-10,12-15H2,1-2H3,(H,24,29)(H,26,31). The predicted molar refractivity (Wildman–Crippen MR) is 129 cm³/mol. The van der Waals surface area contributed by atoms with Gasteiger partial charge in [0.15, 0.2) is 10.6 Å². The highest BCUT2D eigenvalue weighted by molar-refractivity contribution is 7.71. The van der Waals surface area contributed by atoms with Crippen LogP contribution in [0.3, 0.4) is 0 Å². The number of amides is 1. The molecule has 2 unspecified atom stereocenters. The SMILES string of the molecule is CC1CN(Cc2ccccc2CNC(=O)CCn2c(-c3cccs3)n[nH]c2=S)CC(C)O1. The van der Waals surface area contributed by atoms with Crippen LogP contribution >= 0.6 is 23.6 Å². The molecule has 2 aromatic heterocycles. The van der Waals surface area contributed by atoms with Gasteiger partial charge in [-0.2, -0.15) is 5.10 Å². The van der Waals surface area contributed by atoms with E-state index in [4.69, 9.17) is 17.0 Å². The normalized spacial score (nSPS) is 19.2. The summed E-state index contributed by atoms with van der Waals surface area (Å²) < 4.78 is 8.26. The quantitative estimate of drug-likeness (QED) is 0.486.